The van der Waals surface area contributed by atoms with Crippen LogP contribution in [0.25, 0.3) is 93.0 Å². The Morgan fingerprint density at radius 1 is 0.440 bits per heavy atom. The first-order valence-corrected chi connectivity index (χ1v) is 16.7. The highest BCUT2D eigenvalue weighted by Crippen LogP contribution is 2.43. The lowest BCUT2D eigenvalue weighted by Gasteiger charge is -2.11. The molecule has 0 bridgehead atoms. The summed E-state index contributed by atoms with van der Waals surface area (Å²) in [4.78, 5) is 14.7. The van der Waals surface area contributed by atoms with Gasteiger partial charge in [0, 0.05) is 42.1 Å². The number of hydrogen-bond donors (Lipinski definition) is 0. The van der Waals surface area contributed by atoms with Gasteiger partial charge in [0.15, 0.2) is 11.6 Å². The van der Waals surface area contributed by atoms with E-state index in [-0.39, 0.29) is 83.7 Å². The average molecular weight is 667 g/mol. The molecule has 10 aromatic rings. The zero-order valence-corrected chi connectivity index (χ0v) is 26.9. The van der Waals surface area contributed by atoms with E-state index >= 15 is 0 Å². The third-order valence-electron chi connectivity index (χ3n) is 8.78. The zero-order valence-electron chi connectivity index (χ0n) is 36.1. The van der Waals surface area contributed by atoms with Crippen molar-refractivity contribution in [3.05, 3.63) is 170 Å². The van der Waals surface area contributed by atoms with Crippen LogP contribution in [0.3, 0.4) is 0 Å². The van der Waals surface area contributed by atoms with Crippen molar-refractivity contribution in [3.63, 3.8) is 0 Å². The van der Waals surface area contributed by atoms with Gasteiger partial charge in [-0.15, -0.1) is 11.3 Å². The van der Waals surface area contributed by atoms with E-state index in [9.17, 15) is 5.48 Å². The highest BCUT2D eigenvalue weighted by atomic mass is 32.1. The molecule has 0 spiro atoms. The molecule has 0 amide bonds. The quantitative estimate of drug-likeness (QED) is 0.184. The van der Waals surface area contributed by atoms with Gasteiger partial charge in [0.2, 0.25) is 5.95 Å². The lowest BCUT2D eigenvalue weighted by molar-refractivity contribution is 0.953. The number of thiophene rings is 1. The highest BCUT2D eigenvalue weighted by Gasteiger charge is 2.20. The molecule has 0 aliphatic rings. The van der Waals surface area contributed by atoms with E-state index in [4.69, 9.17) is 23.2 Å². The Labute approximate surface area is 306 Å². The summed E-state index contributed by atoms with van der Waals surface area (Å²) in [6, 6.07) is 31.1. The maximum atomic E-state index is 9.46. The second-order valence-electron chi connectivity index (χ2n) is 11.7. The van der Waals surface area contributed by atoms with Crippen molar-refractivity contribution in [3.8, 4) is 51.0 Å². The number of benzene rings is 7. The van der Waals surface area contributed by atoms with Gasteiger partial charge < -0.3 is 0 Å². The molecule has 234 valence electrons. The summed E-state index contributed by atoms with van der Waals surface area (Å²) in [5.74, 6) is 0.421. The summed E-state index contributed by atoms with van der Waals surface area (Å²) >= 11 is 0.950. The van der Waals surface area contributed by atoms with Gasteiger partial charge in [-0.2, -0.15) is 9.97 Å². The van der Waals surface area contributed by atoms with Gasteiger partial charge in [0.25, 0.3) is 0 Å². The Morgan fingerprint density at radius 3 is 1.76 bits per heavy atom. The van der Waals surface area contributed by atoms with Gasteiger partial charge in [0.1, 0.15) is 0 Å². The topological polar surface area (TPSA) is 43.6 Å². The Balaban J connectivity index is 1.27. The lowest BCUT2D eigenvalue weighted by Crippen LogP contribution is -2.06. The van der Waals surface area contributed by atoms with Gasteiger partial charge in [0.05, 0.1) is 24.7 Å². The van der Waals surface area contributed by atoms with Crippen LogP contribution in [0.15, 0.2) is 170 Å². The van der Waals surface area contributed by atoms with E-state index in [0.717, 1.165) is 33.6 Å². The van der Waals surface area contributed by atoms with E-state index in [1.54, 1.807) is 0 Å². The van der Waals surface area contributed by atoms with Crippen LogP contribution in [0.5, 0.6) is 0 Å². The molecule has 3 aromatic heterocycles. The van der Waals surface area contributed by atoms with Crippen LogP contribution >= 0.6 is 11.3 Å². The summed E-state index contributed by atoms with van der Waals surface area (Å²) in [6.07, 6.45) is 0. The van der Waals surface area contributed by atoms with Crippen molar-refractivity contribution in [2.45, 2.75) is 0 Å². The smallest absolute Gasteiger partial charge is 0.238 e. The number of para-hydroxylation sites is 1. The highest BCUT2D eigenvalue weighted by molar-refractivity contribution is 7.26. The normalized spacial score (nSPS) is 14.4. The molecular formula is C45H28N4S. The molecule has 4 nitrogen and oxygen atoms in total. The fraction of sp³-hybridized carbons (Fsp3) is 0. The number of aromatic nitrogens is 4. The molecule has 10 rings (SSSR count). The van der Waals surface area contributed by atoms with Crippen LogP contribution in [0.2, 0.25) is 0 Å². The average Bonchev–Trinajstić information content (AvgIpc) is 3.87. The molecule has 0 saturated heterocycles. The van der Waals surface area contributed by atoms with Gasteiger partial charge in [-0.1, -0.05) is 139 Å². The van der Waals surface area contributed by atoms with Crippen LogP contribution in [-0.4, -0.2) is 19.5 Å². The van der Waals surface area contributed by atoms with Gasteiger partial charge in [-0.05, 0) is 52.5 Å². The molecule has 0 radical (unpaired) electrons. The largest absolute Gasteiger partial charge is 0.278 e. The van der Waals surface area contributed by atoms with Gasteiger partial charge in [-0.3, -0.25) is 4.57 Å². The number of nitrogens with zero attached hydrogens (tertiary/aromatic N) is 4. The second kappa shape index (κ2) is 11.6. The molecule has 0 N–H and O–H groups in total. The van der Waals surface area contributed by atoms with Crippen molar-refractivity contribution < 1.29 is 13.7 Å². The maximum Gasteiger partial charge on any atom is 0.238 e. The number of fused-ring (bicyclic) bond motifs is 7. The molecule has 0 atom stereocenters. The van der Waals surface area contributed by atoms with Crippen LogP contribution in [0.4, 0.5) is 0 Å². The fourth-order valence-corrected chi connectivity index (χ4v) is 7.42. The molecule has 5 heteroatoms. The molecule has 0 fully saturated rings. The number of rotatable bonds is 5. The van der Waals surface area contributed by atoms with Crippen molar-refractivity contribution >= 4 is 53.3 Å². The molecule has 0 saturated carbocycles. The predicted octanol–water partition coefficient (Wildman–Crippen LogP) is 12.0. The van der Waals surface area contributed by atoms with E-state index in [1.165, 1.54) is 4.57 Å². The minimum Gasteiger partial charge on any atom is -0.278 e. The molecular weight excluding hydrogens is 629 g/mol. The van der Waals surface area contributed by atoms with Crippen molar-refractivity contribution in [1.82, 2.24) is 19.5 Å². The third-order valence-corrected chi connectivity index (χ3v) is 9.80. The minimum absolute atomic E-state index is 0.00641. The lowest BCUT2D eigenvalue weighted by atomic mass is 9.98. The molecule has 3 heterocycles. The van der Waals surface area contributed by atoms with E-state index in [2.05, 4.69) is 24.3 Å². The van der Waals surface area contributed by atoms with E-state index in [1.807, 2.05) is 84.9 Å². The van der Waals surface area contributed by atoms with E-state index in [0.29, 0.717) is 11.1 Å². The third kappa shape index (κ3) is 4.71. The summed E-state index contributed by atoms with van der Waals surface area (Å²) in [5, 5.41) is 0.430. The van der Waals surface area contributed by atoms with Crippen LogP contribution in [0.1, 0.15) is 13.7 Å². The summed E-state index contributed by atoms with van der Waals surface area (Å²) < 4.78 is 90.9. The summed E-state index contributed by atoms with van der Waals surface area (Å²) in [5.41, 5.74) is 5.34. The van der Waals surface area contributed by atoms with Gasteiger partial charge in [-0.25, -0.2) is 4.98 Å². The molecule has 50 heavy (non-hydrogen) atoms. The molecule has 0 aliphatic heterocycles. The van der Waals surface area contributed by atoms with Gasteiger partial charge >= 0.3 is 0 Å². The maximum absolute atomic E-state index is 9.46. The summed E-state index contributed by atoms with van der Waals surface area (Å²) in [6.45, 7) is 0. The standard InChI is InChI=1S/C45H28N4S/c1-3-12-29(13-4-1)33-16-11-17-34(28-33)30-22-24-32(25-23-30)44-46-43(31-14-5-2-6-15-31)47-45(48-44)49-37-20-9-7-18-35(37)41-38(49)26-27-40-42(41)36-19-8-10-21-39(36)50-40/h1-28H/i7D,8D,9D,10D,18D,19D,20D,21D,26D,27D. The van der Waals surface area contributed by atoms with Crippen molar-refractivity contribution in [1.29, 1.82) is 0 Å². The minimum atomic E-state index is -0.535. The Hall–Kier alpha value is -6.43. The van der Waals surface area contributed by atoms with Crippen molar-refractivity contribution in [2.24, 2.45) is 0 Å². The first-order valence-electron chi connectivity index (χ1n) is 20.9. The monoisotopic (exact) mass is 666 g/mol. The molecule has 7 aromatic carbocycles. The predicted molar refractivity (Wildman–Crippen MR) is 209 cm³/mol. The van der Waals surface area contributed by atoms with Crippen LogP contribution < -0.4 is 0 Å². The van der Waals surface area contributed by atoms with E-state index < -0.39 is 36.3 Å². The SMILES string of the molecule is [2H]c1c([2H])c([2H])c2c(sc3c([2H])c([2H])c4c(c5c([2H])c([2H])c([2H])c([2H])c5n4-c4nc(-c5ccccc5)nc(-c5ccc(-c6cccc(-c7ccccc7)c6)cc5)n4)c32)c1[2H]. The first kappa shape index (κ1) is 20.2. The van der Waals surface area contributed by atoms with Crippen LogP contribution in [0, 0.1) is 0 Å². The molecule has 0 aliphatic carbocycles. The number of hydrogen-bond acceptors (Lipinski definition) is 4. The van der Waals surface area contributed by atoms with Crippen molar-refractivity contribution in [2.75, 3.05) is 0 Å². The van der Waals surface area contributed by atoms with Crippen LogP contribution in [-0.2, 0) is 0 Å². The Morgan fingerprint density at radius 2 is 1.02 bits per heavy atom. The second-order valence-corrected chi connectivity index (χ2v) is 12.7. The fourth-order valence-electron chi connectivity index (χ4n) is 6.45. The Kier molecular flexibility index (Phi) is 4.69. The Bertz CT molecular complexity index is 3430. The first-order chi connectivity index (χ1) is 28.9. The summed E-state index contributed by atoms with van der Waals surface area (Å²) in [7, 11) is 0. The zero-order chi connectivity index (χ0) is 41.7. The molecule has 0 unspecified atom stereocenters.